The van der Waals surface area contributed by atoms with Crippen LogP contribution in [0.3, 0.4) is 0 Å². The van der Waals surface area contributed by atoms with Crippen molar-refractivity contribution in [3.63, 3.8) is 0 Å². The van der Waals surface area contributed by atoms with E-state index in [-0.39, 0.29) is 16.0 Å². The molecular weight excluding hydrogens is 312 g/mol. The van der Waals surface area contributed by atoms with E-state index in [0.29, 0.717) is 19.2 Å². The van der Waals surface area contributed by atoms with Gasteiger partial charge in [0.2, 0.25) is 10.0 Å². The van der Waals surface area contributed by atoms with E-state index in [1.807, 2.05) is 6.07 Å². The second-order valence-corrected chi connectivity index (χ2v) is 7.49. The number of nitrogens with one attached hydrogen (secondary N) is 2. The predicted molar refractivity (Wildman–Crippen MR) is 83.0 cm³/mol. The van der Waals surface area contributed by atoms with Crippen molar-refractivity contribution in [3.8, 4) is 0 Å². The quantitative estimate of drug-likeness (QED) is 0.763. The average Bonchev–Trinajstić information content (AvgIpc) is 3.21. The van der Waals surface area contributed by atoms with Crippen LogP contribution in [-0.4, -0.2) is 34.2 Å². The van der Waals surface area contributed by atoms with Crippen molar-refractivity contribution in [2.75, 3.05) is 13.7 Å². The summed E-state index contributed by atoms with van der Waals surface area (Å²) in [4.78, 5) is 0.113. The van der Waals surface area contributed by atoms with Crippen LogP contribution in [0.4, 0.5) is 0 Å². The van der Waals surface area contributed by atoms with E-state index < -0.39 is 10.0 Å². The maximum Gasteiger partial charge on any atom is 0.242 e. The van der Waals surface area contributed by atoms with E-state index in [2.05, 4.69) is 10.0 Å². The molecule has 1 atom stereocenters. The fourth-order valence-electron chi connectivity index (χ4n) is 2.03. The van der Waals surface area contributed by atoms with E-state index in [9.17, 15) is 8.42 Å². The number of methoxy groups -OCH3 is 1. The monoisotopic (exact) mass is 332 g/mol. The standard InChI is InChI=1S/C14H21ClN2O3S/c1-10(9-20-2)17-21(18,19)14-7-11(3-6-13(14)15)8-16-12-4-5-12/h3,6-7,10,12,16-17H,4-5,8-9H2,1-2H3. The van der Waals surface area contributed by atoms with Gasteiger partial charge in [-0.1, -0.05) is 17.7 Å². The van der Waals surface area contributed by atoms with E-state index in [1.54, 1.807) is 19.1 Å². The fraction of sp³-hybridized carbons (Fsp3) is 0.571. The van der Waals surface area contributed by atoms with Gasteiger partial charge in [0.1, 0.15) is 4.90 Å². The second kappa shape index (κ2) is 7.07. The molecular formula is C14H21ClN2O3S. The smallest absolute Gasteiger partial charge is 0.242 e. The topological polar surface area (TPSA) is 67.4 Å². The van der Waals surface area contributed by atoms with Crippen LogP contribution in [0.2, 0.25) is 5.02 Å². The van der Waals surface area contributed by atoms with Crippen molar-refractivity contribution < 1.29 is 13.2 Å². The van der Waals surface area contributed by atoms with Gasteiger partial charge in [0.05, 0.1) is 11.6 Å². The minimum absolute atomic E-state index is 0.113. The molecule has 1 aliphatic carbocycles. The van der Waals surface area contributed by atoms with Crippen molar-refractivity contribution in [1.29, 1.82) is 0 Å². The first kappa shape index (κ1) is 16.7. The molecule has 2 rings (SSSR count). The average molecular weight is 333 g/mol. The van der Waals surface area contributed by atoms with Crippen LogP contribution in [0, 0.1) is 0 Å². The van der Waals surface area contributed by atoms with Crippen molar-refractivity contribution in [2.24, 2.45) is 0 Å². The van der Waals surface area contributed by atoms with Crippen LogP contribution in [0.25, 0.3) is 0 Å². The highest BCUT2D eigenvalue weighted by Crippen LogP contribution is 2.24. The molecule has 118 valence electrons. The zero-order valence-electron chi connectivity index (χ0n) is 12.2. The summed E-state index contributed by atoms with van der Waals surface area (Å²) in [6.07, 6.45) is 2.38. The molecule has 2 N–H and O–H groups in total. The zero-order chi connectivity index (χ0) is 15.5. The van der Waals surface area contributed by atoms with Gasteiger partial charge < -0.3 is 10.1 Å². The molecule has 1 unspecified atom stereocenters. The van der Waals surface area contributed by atoms with Crippen LogP contribution in [0.5, 0.6) is 0 Å². The molecule has 1 aromatic rings. The van der Waals surface area contributed by atoms with Crippen molar-refractivity contribution in [2.45, 2.75) is 43.3 Å². The van der Waals surface area contributed by atoms with Gasteiger partial charge in [-0.15, -0.1) is 0 Å². The van der Waals surface area contributed by atoms with Crippen molar-refractivity contribution in [1.82, 2.24) is 10.0 Å². The van der Waals surface area contributed by atoms with Crippen LogP contribution >= 0.6 is 11.6 Å². The highest BCUT2D eigenvalue weighted by Gasteiger charge is 2.22. The molecule has 1 aliphatic rings. The number of halogens is 1. The maximum atomic E-state index is 12.4. The SMILES string of the molecule is COCC(C)NS(=O)(=O)c1cc(CNC2CC2)ccc1Cl. The molecule has 0 heterocycles. The minimum Gasteiger partial charge on any atom is -0.383 e. The summed E-state index contributed by atoms with van der Waals surface area (Å²) in [7, 11) is -2.12. The normalized spacial score (nSPS) is 16.9. The number of hydrogen-bond donors (Lipinski definition) is 2. The lowest BCUT2D eigenvalue weighted by Gasteiger charge is -2.15. The third kappa shape index (κ3) is 4.93. The molecule has 1 aromatic carbocycles. The summed E-state index contributed by atoms with van der Waals surface area (Å²) in [6.45, 7) is 2.70. The number of rotatable bonds is 8. The van der Waals surface area contributed by atoms with E-state index >= 15 is 0 Å². The summed E-state index contributed by atoms with van der Waals surface area (Å²) in [5, 5.41) is 3.58. The zero-order valence-corrected chi connectivity index (χ0v) is 13.8. The number of ether oxygens (including phenoxy) is 1. The lowest BCUT2D eigenvalue weighted by molar-refractivity contribution is 0.180. The molecule has 0 spiro atoms. The molecule has 0 amide bonds. The molecule has 0 aliphatic heterocycles. The van der Waals surface area contributed by atoms with Crippen LogP contribution < -0.4 is 10.0 Å². The molecule has 21 heavy (non-hydrogen) atoms. The van der Waals surface area contributed by atoms with E-state index in [1.165, 1.54) is 20.0 Å². The Kier molecular flexibility index (Phi) is 5.62. The molecule has 5 nitrogen and oxygen atoms in total. The molecule has 0 saturated heterocycles. The van der Waals surface area contributed by atoms with Gasteiger partial charge in [-0.25, -0.2) is 13.1 Å². The molecule has 7 heteroatoms. The first-order valence-electron chi connectivity index (χ1n) is 6.95. The summed E-state index contributed by atoms with van der Waals surface area (Å²) in [5.41, 5.74) is 0.908. The van der Waals surface area contributed by atoms with E-state index in [4.69, 9.17) is 16.3 Å². The third-order valence-electron chi connectivity index (χ3n) is 3.23. The van der Waals surface area contributed by atoms with Gasteiger partial charge >= 0.3 is 0 Å². The van der Waals surface area contributed by atoms with Crippen molar-refractivity contribution >= 4 is 21.6 Å². The third-order valence-corrected chi connectivity index (χ3v) is 5.30. The summed E-state index contributed by atoms with van der Waals surface area (Å²) in [6, 6.07) is 5.35. The lowest BCUT2D eigenvalue weighted by atomic mass is 10.2. The van der Waals surface area contributed by atoms with Crippen LogP contribution in [0.1, 0.15) is 25.3 Å². The van der Waals surface area contributed by atoms with Gasteiger partial charge in [0, 0.05) is 25.7 Å². The molecule has 0 aromatic heterocycles. The highest BCUT2D eigenvalue weighted by atomic mass is 35.5. The van der Waals surface area contributed by atoms with Crippen molar-refractivity contribution in [3.05, 3.63) is 28.8 Å². The number of sulfonamides is 1. The first-order valence-corrected chi connectivity index (χ1v) is 8.81. The Morgan fingerprint density at radius 2 is 2.14 bits per heavy atom. The van der Waals surface area contributed by atoms with Crippen LogP contribution in [0.15, 0.2) is 23.1 Å². The predicted octanol–water partition coefficient (Wildman–Crippen LogP) is 1.91. The van der Waals surface area contributed by atoms with Gasteiger partial charge in [-0.05, 0) is 37.5 Å². The maximum absolute atomic E-state index is 12.4. The van der Waals surface area contributed by atoms with Gasteiger partial charge in [0.25, 0.3) is 0 Å². The van der Waals surface area contributed by atoms with E-state index in [0.717, 1.165) is 5.56 Å². The minimum atomic E-state index is -3.65. The Balaban J connectivity index is 2.13. The Labute approximate surface area is 131 Å². The number of hydrogen-bond acceptors (Lipinski definition) is 4. The Morgan fingerprint density at radius 3 is 2.76 bits per heavy atom. The molecule has 1 saturated carbocycles. The van der Waals surface area contributed by atoms with Gasteiger partial charge in [-0.3, -0.25) is 0 Å². The molecule has 1 fully saturated rings. The van der Waals surface area contributed by atoms with Gasteiger partial charge in [-0.2, -0.15) is 0 Å². The van der Waals surface area contributed by atoms with Crippen LogP contribution in [-0.2, 0) is 21.3 Å². The Hall–Kier alpha value is -0.660. The molecule has 0 radical (unpaired) electrons. The number of benzene rings is 1. The highest BCUT2D eigenvalue weighted by molar-refractivity contribution is 7.89. The summed E-state index contributed by atoms with van der Waals surface area (Å²) in [5.74, 6) is 0. The largest absolute Gasteiger partial charge is 0.383 e. The molecule has 0 bridgehead atoms. The summed E-state index contributed by atoms with van der Waals surface area (Å²) >= 11 is 6.05. The van der Waals surface area contributed by atoms with Gasteiger partial charge in [0.15, 0.2) is 0 Å². The Bertz CT molecular complexity index is 588. The second-order valence-electron chi connectivity index (χ2n) is 5.40. The first-order chi connectivity index (χ1) is 9.92. The fourth-order valence-corrected chi connectivity index (χ4v) is 3.80. The lowest BCUT2D eigenvalue weighted by Crippen LogP contribution is -2.35. The Morgan fingerprint density at radius 1 is 1.43 bits per heavy atom. The summed E-state index contributed by atoms with van der Waals surface area (Å²) < 4.78 is 32.2.